The van der Waals surface area contributed by atoms with Crippen LogP contribution in [0.3, 0.4) is 0 Å². The third kappa shape index (κ3) is 3.45. The molecule has 1 aromatic heterocycles. The Labute approximate surface area is 131 Å². The van der Waals surface area contributed by atoms with E-state index in [1.165, 1.54) is 18.5 Å². The highest BCUT2D eigenvalue weighted by molar-refractivity contribution is 6.04. The van der Waals surface area contributed by atoms with Crippen LogP contribution in [0.1, 0.15) is 30.1 Å². The molecule has 0 radical (unpaired) electrons. The molecule has 1 saturated heterocycles. The number of nitrogens with zero attached hydrogens (tertiary/aromatic N) is 2. The summed E-state index contributed by atoms with van der Waals surface area (Å²) in [4.78, 5) is 18.6. The Morgan fingerprint density at radius 2 is 1.91 bits per heavy atom. The molecule has 4 nitrogen and oxygen atoms in total. The van der Waals surface area contributed by atoms with E-state index in [-0.39, 0.29) is 5.91 Å². The average Bonchev–Trinajstić information content (AvgIpc) is 2.57. The highest BCUT2D eigenvalue weighted by atomic mass is 16.1. The first-order valence-electron chi connectivity index (χ1n) is 7.79. The molecule has 0 spiro atoms. The van der Waals surface area contributed by atoms with Crippen LogP contribution >= 0.6 is 0 Å². The molecular formula is C18H21N3O. The van der Waals surface area contributed by atoms with Gasteiger partial charge in [-0.1, -0.05) is 6.92 Å². The minimum Gasteiger partial charge on any atom is -0.372 e. The van der Waals surface area contributed by atoms with E-state index < -0.39 is 0 Å². The summed E-state index contributed by atoms with van der Waals surface area (Å²) in [5, 5.41) is 2.85. The van der Waals surface area contributed by atoms with E-state index in [0.29, 0.717) is 11.3 Å². The van der Waals surface area contributed by atoms with Crippen molar-refractivity contribution in [3.05, 3.63) is 54.4 Å². The molecule has 1 fully saturated rings. The zero-order chi connectivity index (χ0) is 15.4. The van der Waals surface area contributed by atoms with Gasteiger partial charge in [0.25, 0.3) is 5.91 Å². The summed E-state index contributed by atoms with van der Waals surface area (Å²) in [6.07, 6.45) is 5.80. The normalized spacial score (nSPS) is 15.6. The fourth-order valence-electron chi connectivity index (χ4n) is 2.73. The van der Waals surface area contributed by atoms with Gasteiger partial charge in [-0.15, -0.1) is 0 Å². The number of carbonyl (C=O) groups is 1. The van der Waals surface area contributed by atoms with Gasteiger partial charge in [0.05, 0.1) is 11.9 Å². The average molecular weight is 295 g/mol. The Morgan fingerprint density at radius 1 is 1.18 bits per heavy atom. The molecule has 1 aromatic carbocycles. The molecule has 0 unspecified atom stereocenters. The molecular weight excluding hydrogens is 274 g/mol. The number of benzene rings is 1. The van der Waals surface area contributed by atoms with Gasteiger partial charge in [-0.05, 0) is 55.2 Å². The van der Waals surface area contributed by atoms with Gasteiger partial charge in [0.1, 0.15) is 0 Å². The molecule has 0 atom stereocenters. The van der Waals surface area contributed by atoms with E-state index in [9.17, 15) is 4.79 Å². The van der Waals surface area contributed by atoms with E-state index in [1.54, 1.807) is 18.5 Å². The highest BCUT2D eigenvalue weighted by Crippen LogP contribution is 2.23. The SMILES string of the molecule is CC1CCN(c2ccc(C(=O)Nc3cccnc3)cc2)CC1. The zero-order valence-corrected chi connectivity index (χ0v) is 12.8. The Bertz CT molecular complexity index is 617. The van der Waals surface area contributed by atoms with Crippen LogP contribution in [0.4, 0.5) is 11.4 Å². The molecule has 22 heavy (non-hydrogen) atoms. The number of hydrogen-bond acceptors (Lipinski definition) is 3. The summed E-state index contributed by atoms with van der Waals surface area (Å²) >= 11 is 0. The summed E-state index contributed by atoms with van der Waals surface area (Å²) in [6, 6.07) is 11.5. The smallest absolute Gasteiger partial charge is 0.255 e. The van der Waals surface area contributed by atoms with E-state index in [2.05, 4.69) is 22.1 Å². The van der Waals surface area contributed by atoms with Crippen LogP contribution in [-0.4, -0.2) is 24.0 Å². The van der Waals surface area contributed by atoms with Crippen molar-refractivity contribution in [3.8, 4) is 0 Å². The number of aromatic nitrogens is 1. The lowest BCUT2D eigenvalue weighted by Crippen LogP contribution is -2.32. The molecule has 114 valence electrons. The predicted molar refractivity (Wildman–Crippen MR) is 89.2 cm³/mol. The van der Waals surface area contributed by atoms with E-state index >= 15 is 0 Å². The second kappa shape index (κ2) is 6.60. The van der Waals surface area contributed by atoms with Gasteiger partial charge in [0.15, 0.2) is 0 Å². The quantitative estimate of drug-likeness (QED) is 0.941. The number of hydrogen-bond donors (Lipinski definition) is 1. The Balaban J connectivity index is 1.65. The van der Waals surface area contributed by atoms with Crippen molar-refractivity contribution in [2.24, 2.45) is 5.92 Å². The van der Waals surface area contributed by atoms with Gasteiger partial charge in [0.2, 0.25) is 0 Å². The zero-order valence-electron chi connectivity index (χ0n) is 12.8. The van der Waals surface area contributed by atoms with Gasteiger partial charge in [-0.2, -0.15) is 0 Å². The number of anilines is 2. The summed E-state index contributed by atoms with van der Waals surface area (Å²) in [5.74, 6) is 0.715. The van der Waals surface area contributed by atoms with Gasteiger partial charge in [0, 0.05) is 30.5 Å². The lowest BCUT2D eigenvalue weighted by molar-refractivity contribution is 0.102. The fourth-order valence-corrected chi connectivity index (χ4v) is 2.73. The predicted octanol–water partition coefficient (Wildman–Crippen LogP) is 3.57. The lowest BCUT2D eigenvalue weighted by Gasteiger charge is -2.32. The maximum Gasteiger partial charge on any atom is 0.255 e. The molecule has 0 aliphatic carbocycles. The topological polar surface area (TPSA) is 45.2 Å². The number of rotatable bonds is 3. The molecule has 4 heteroatoms. The Kier molecular flexibility index (Phi) is 4.37. The molecule has 2 aromatic rings. The van der Waals surface area contributed by atoms with Gasteiger partial charge < -0.3 is 10.2 Å². The third-order valence-electron chi connectivity index (χ3n) is 4.20. The van der Waals surface area contributed by atoms with Gasteiger partial charge in [-0.25, -0.2) is 0 Å². The van der Waals surface area contributed by atoms with Gasteiger partial charge >= 0.3 is 0 Å². The first kappa shape index (κ1) is 14.6. The minimum absolute atomic E-state index is 0.105. The van der Waals surface area contributed by atoms with Crippen molar-refractivity contribution in [2.45, 2.75) is 19.8 Å². The second-order valence-corrected chi connectivity index (χ2v) is 5.91. The molecule has 0 bridgehead atoms. The summed E-state index contributed by atoms with van der Waals surface area (Å²) in [7, 11) is 0. The molecule has 1 N–H and O–H groups in total. The van der Waals surface area contributed by atoms with Crippen molar-refractivity contribution in [2.75, 3.05) is 23.3 Å². The number of carbonyl (C=O) groups excluding carboxylic acids is 1. The molecule has 3 rings (SSSR count). The van der Waals surface area contributed by atoms with Crippen LogP contribution in [0.25, 0.3) is 0 Å². The molecule has 1 aliphatic rings. The van der Waals surface area contributed by atoms with Crippen molar-refractivity contribution < 1.29 is 4.79 Å². The van der Waals surface area contributed by atoms with E-state index in [4.69, 9.17) is 0 Å². The lowest BCUT2D eigenvalue weighted by atomic mass is 9.98. The standard InChI is InChI=1S/C18H21N3O/c1-14-8-11-21(12-9-14)17-6-4-15(5-7-17)18(22)20-16-3-2-10-19-13-16/h2-7,10,13-14H,8-9,11-12H2,1H3,(H,20,22). The summed E-state index contributed by atoms with van der Waals surface area (Å²) in [5.41, 5.74) is 2.57. The number of amides is 1. The fraction of sp³-hybridized carbons (Fsp3) is 0.333. The second-order valence-electron chi connectivity index (χ2n) is 5.91. The van der Waals surface area contributed by atoms with Crippen LogP contribution in [0, 0.1) is 5.92 Å². The van der Waals surface area contributed by atoms with E-state index in [1.807, 2.05) is 30.3 Å². The highest BCUT2D eigenvalue weighted by Gasteiger charge is 2.16. The minimum atomic E-state index is -0.105. The summed E-state index contributed by atoms with van der Waals surface area (Å²) in [6.45, 7) is 4.51. The van der Waals surface area contributed by atoms with Gasteiger partial charge in [-0.3, -0.25) is 9.78 Å². The van der Waals surface area contributed by atoms with Crippen molar-refractivity contribution >= 4 is 17.3 Å². The monoisotopic (exact) mass is 295 g/mol. The molecule has 1 aliphatic heterocycles. The molecule has 1 amide bonds. The molecule has 2 heterocycles. The first-order valence-corrected chi connectivity index (χ1v) is 7.79. The van der Waals surface area contributed by atoms with Crippen LogP contribution < -0.4 is 10.2 Å². The van der Waals surface area contributed by atoms with E-state index in [0.717, 1.165) is 19.0 Å². The number of nitrogens with one attached hydrogen (secondary N) is 1. The summed E-state index contributed by atoms with van der Waals surface area (Å²) < 4.78 is 0. The van der Waals surface area contributed by atoms with Crippen LogP contribution in [-0.2, 0) is 0 Å². The maximum atomic E-state index is 12.2. The molecule has 0 saturated carbocycles. The third-order valence-corrected chi connectivity index (χ3v) is 4.20. The van der Waals surface area contributed by atoms with Crippen molar-refractivity contribution in [1.82, 2.24) is 4.98 Å². The Hall–Kier alpha value is -2.36. The van der Waals surface area contributed by atoms with Crippen molar-refractivity contribution in [1.29, 1.82) is 0 Å². The largest absolute Gasteiger partial charge is 0.372 e. The van der Waals surface area contributed by atoms with Crippen molar-refractivity contribution in [3.63, 3.8) is 0 Å². The maximum absolute atomic E-state index is 12.2. The Morgan fingerprint density at radius 3 is 2.55 bits per heavy atom. The number of piperidine rings is 1. The van der Waals surface area contributed by atoms with Crippen LogP contribution in [0.15, 0.2) is 48.8 Å². The number of pyridine rings is 1. The first-order chi connectivity index (χ1) is 10.7. The van der Waals surface area contributed by atoms with Crippen LogP contribution in [0.2, 0.25) is 0 Å². The van der Waals surface area contributed by atoms with Crippen LogP contribution in [0.5, 0.6) is 0 Å².